The molecular formula is C25H27FN6O3S. The van der Waals surface area contributed by atoms with Gasteiger partial charge in [0, 0.05) is 24.8 Å². The number of nitrogens with two attached hydrogens (primary N) is 1. The van der Waals surface area contributed by atoms with Gasteiger partial charge in [-0.15, -0.1) is 0 Å². The molecule has 1 aromatic heterocycles. The fourth-order valence-corrected chi connectivity index (χ4v) is 4.60. The SMILES string of the molecule is N=CN(N)CC(=O)N1CC(NCc2ccsc2)C[C@H]1C(=O)Nc1ccc(Oc2ccc(F)cc2)cc1. The van der Waals surface area contributed by atoms with E-state index in [2.05, 4.69) is 16.0 Å². The molecule has 0 bridgehead atoms. The Hall–Kier alpha value is -3.80. The van der Waals surface area contributed by atoms with E-state index in [-0.39, 0.29) is 30.2 Å². The van der Waals surface area contributed by atoms with E-state index in [1.54, 1.807) is 35.6 Å². The molecule has 2 heterocycles. The van der Waals surface area contributed by atoms with Crippen molar-refractivity contribution in [3.05, 3.63) is 76.7 Å². The number of hydrogen-bond donors (Lipinski definition) is 4. The number of carbonyl (C=O) groups is 2. The third-order valence-electron chi connectivity index (χ3n) is 5.75. The van der Waals surface area contributed by atoms with Crippen molar-refractivity contribution in [3.63, 3.8) is 0 Å². The normalized spacial score (nSPS) is 17.0. The Kier molecular flexibility index (Phi) is 8.26. The summed E-state index contributed by atoms with van der Waals surface area (Å²) in [6, 6.07) is 13.7. The monoisotopic (exact) mass is 510 g/mol. The molecule has 0 radical (unpaired) electrons. The Morgan fingerprint density at radius 2 is 1.86 bits per heavy atom. The third-order valence-corrected chi connectivity index (χ3v) is 6.49. The van der Waals surface area contributed by atoms with E-state index in [0.717, 1.165) is 16.9 Å². The highest BCUT2D eigenvalue weighted by atomic mass is 32.1. The highest BCUT2D eigenvalue weighted by molar-refractivity contribution is 7.07. The zero-order valence-electron chi connectivity index (χ0n) is 19.4. The van der Waals surface area contributed by atoms with Crippen LogP contribution in [0.2, 0.25) is 0 Å². The van der Waals surface area contributed by atoms with Crippen molar-refractivity contribution < 1.29 is 18.7 Å². The number of anilines is 1. The minimum atomic E-state index is -0.688. The maximum absolute atomic E-state index is 13.2. The molecule has 1 fully saturated rings. The summed E-state index contributed by atoms with van der Waals surface area (Å²) < 4.78 is 18.8. The molecule has 36 heavy (non-hydrogen) atoms. The van der Waals surface area contributed by atoms with Crippen molar-refractivity contribution in [2.75, 3.05) is 18.4 Å². The van der Waals surface area contributed by atoms with E-state index in [9.17, 15) is 14.0 Å². The molecule has 9 nitrogen and oxygen atoms in total. The van der Waals surface area contributed by atoms with Crippen LogP contribution in [0.1, 0.15) is 12.0 Å². The molecule has 1 aliphatic rings. The number of nitrogens with one attached hydrogen (secondary N) is 3. The van der Waals surface area contributed by atoms with Crippen molar-refractivity contribution in [1.29, 1.82) is 5.41 Å². The van der Waals surface area contributed by atoms with Crippen LogP contribution in [0.5, 0.6) is 11.5 Å². The molecule has 4 rings (SSSR count). The van der Waals surface area contributed by atoms with Gasteiger partial charge in [0.2, 0.25) is 11.8 Å². The van der Waals surface area contributed by atoms with Gasteiger partial charge in [0.25, 0.3) is 0 Å². The number of hydrazine groups is 1. The first-order chi connectivity index (χ1) is 17.4. The third kappa shape index (κ3) is 6.66. The fraction of sp³-hybridized carbons (Fsp3) is 0.240. The van der Waals surface area contributed by atoms with Crippen LogP contribution in [0.25, 0.3) is 0 Å². The van der Waals surface area contributed by atoms with Gasteiger partial charge in [-0.2, -0.15) is 11.3 Å². The van der Waals surface area contributed by atoms with Crippen LogP contribution in [0, 0.1) is 11.2 Å². The number of ether oxygens (including phenoxy) is 1. The maximum Gasteiger partial charge on any atom is 0.247 e. The van der Waals surface area contributed by atoms with E-state index in [1.165, 1.54) is 29.2 Å². The molecule has 5 N–H and O–H groups in total. The smallest absolute Gasteiger partial charge is 0.247 e. The number of benzene rings is 2. The van der Waals surface area contributed by atoms with Gasteiger partial charge < -0.3 is 20.3 Å². The van der Waals surface area contributed by atoms with Gasteiger partial charge in [-0.1, -0.05) is 0 Å². The van der Waals surface area contributed by atoms with Gasteiger partial charge in [0.1, 0.15) is 29.9 Å². The Morgan fingerprint density at radius 1 is 1.17 bits per heavy atom. The van der Waals surface area contributed by atoms with Crippen LogP contribution in [-0.2, 0) is 16.1 Å². The van der Waals surface area contributed by atoms with Crippen molar-refractivity contribution in [2.24, 2.45) is 5.84 Å². The quantitative estimate of drug-likeness (QED) is 0.144. The molecule has 1 saturated heterocycles. The Bertz CT molecular complexity index is 1170. The molecule has 188 valence electrons. The molecular weight excluding hydrogens is 483 g/mol. The number of likely N-dealkylation sites (tertiary alicyclic amines) is 1. The molecule has 1 unspecified atom stereocenters. The zero-order valence-corrected chi connectivity index (χ0v) is 20.2. The Morgan fingerprint density at radius 3 is 2.50 bits per heavy atom. The largest absolute Gasteiger partial charge is 0.457 e. The van der Waals surface area contributed by atoms with Crippen molar-refractivity contribution in [2.45, 2.75) is 25.0 Å². The number of carbonyl (C=O) groups excluding carboxylic acids is 2. The summed E-state index contributed by atoms with van der Waals surface area (Å²) in [6.07, 6.45) is 1.31. The summed E-state index contributed by atoms with van der Waals surface area (Å²) in [5.41, 5.74) is 1.69. The van der Waals surface area contributed by atoms with E-state index < -0.39 is 6.04 Å². The second-order valence-electron chi connectivity index (χ2n) is 8.38. The topological polar surface area (TPSA) is 124 Å². The van der Waals surface area contributed by atoms with Crippen LogP contribution in [0.15, 0.2) is 65.4 Å². The first-order valence-corrected chi connectivity index (χ1v) is 12.3. The highest BCUT2D eigenvalue weighted by Crippen LogP contribution is 2.25. The van der Waals surface area contributed by atoms with Gasteiger partial charge in [-0.3, -0.25) is 20.0 Å². The number of nitrogens with zero attached hydrogens (tertiary/aromatic N) is 2. The van der Waals surface area contributed by atoms with Crippen molar-refractivity contribution >= 4 is 35.2 Å². The van der Waals surface area contributed by atoms with Crippen LogP contribution in [-0.4, -0.2) is 53.2 Å². The molecule has 3 aromatic rings. The molecule has 2 amide bonds. The lowest BCUT2D eigenvalue weighted by Crippen LogP contribution is -2.48. The number of halogens is 1. The average molecular weight is 511 g/mol. The molecule has 0 spiro atoms. The molecule has 2 atom stereocenters. The van der Waals surface area contributed by atoms with Gasteiger partial charge in [-0.25, -0.2) is 10.2 Å². The summed E-state index contributed by atoms with van der Waals surface area (Å²) in [6.45, 7) is 0.806. The van der Waals surface area contributed by atoms with Crippen molar-refractivity contribution in [3.8, 4) is 11.5 Å². The summed E-state index contributed by atoms with van der Waals surface area (Å²) in [5, 5.41) is 18.5. The second kappa shape index (κ2) is 11.8. The summed E-state index contributed by atoms with van der Waals surface area (Å²) >= 11 is 1.61. The number of amides is 2. The fourth-order valence-electron chi connectivity index (χ4n) is 3.93. The van der Waals surface area contributed by atoms with Gasteiger partial charge >= 0.3 is 0 Å². The van der Waals surface area contributed by atoms with Crippen LogP contribution < -0.4 is 21.2 Å². The lowest BCUT2D eigenvalue weighted by atomic mass is 10.1. The second-order valence-corrected chi connectivity index (χ2v) is 9.16. The molecule has 11 heteroatoms. The number of rotatable bonds is 10. The lowest BCUT2D eigenvalue weighted by Gasteiger charge is -2.25. The van der Waals surface area contributed by atoms with Crippen LogP contribution >= 0.6 is 11.3 Å². The lowest BCUT2D eigenvalue weighted by molar-refractivity contribution is -0.136. The number of thiophene rings is 1. The summed E-state index contributed by atoms with van der Waals surface area (Å²) in [5.74, 6) is 5.66. The maximum atomic E-state index is 13.2. The molecule has 2 aromatic carbocycles. The van der Waals surface area contributed by atoms with E-state index in [4.69, 9.17) is 16.0 Å². The first kappa shape index (κ1) is 25.3. The van der Waals surface area contributed by atoms with Gasteiger partial charge in [-0.05, 0) is 77.3 Å². The van der Waals surface area contributed by atoms with Crippen LogP contribution in [0.3, 0.4) is 0 Å². The van der Waals surface area contributed by atoms with E-state index >= 15 is 0 Å². The van der Waals surface area contributed by atoms with E-state index in [1.807, 2.05) is 11.4 Å². The predicted molar refractivity (Wildman–Crippen MR) is 136 cm³/mol. The minimum absolute atomic E-state index is 0.0673. The minimum Gasteiger partial charge on any atom is -0.457 e. The van der Waals surface area contributed by atoms with Crippen LogP contribution in [0.4, 0.5) is 10.1 Å². The standard InChI is InChI=1S/C25H27FN6O3S/c26-18-1-5-21(6-2-18)35-22-7-3-19(4-8-22)30-25(34)23-11-20(29-12-17-9-10-36-15-17)13-32(23)24(33)14-31(28)16-27/h1-10,15-16,20,23,27,29H,11-14,28H2,(H,30,34)/t20?,23-/m0/s1. The zero-order chi connectivity index (χ0) is 25.5. The Labute approximate surface area is 212 Å². The molecule has 0 saturated carbocycles. The molecule has 1 aliphatic heterocycles. The van der Waals surface area contributed by atoms with Gasteiger partial charge in [0.15, 0.2) is 0 Å². The number of hydrogen-bond acceptors (Lipinski definition) is 7. The Balaban J connectivity index is 1.40. The molecule has 0 aliphatic carbocycles. The van der Waals surface area contributed by atoms with Gasteiger partial charge in [0.05, 0.1) is 6.34 Å². The van der Waals surface area contributed by atoms with E-state index in [0.29, 0.717) is 36.7 Å². The first-order valence-electron chi connectivity index (χ1n) is 11.3. The van der Waals surface area contributed by atoms with Crippen molar-refractivity contribution in [1.82, 2.24) is 15.2 Å². The predicted octanol–water partition coefficient (Wildman–Crippen LogP) is 3.16. The summed E-state index contributed by atoms with van der Waals surface area (Å²) in [7, 11) is 0. The summed E-state index contributed by atoms with van der Waals surface area (Å²) in [4.78, 5) is 27.5. The highest BCUT2D eigenvalue weighted by Gasteiger charge is 2.39. The average Bonchev–Trinajstić information content (AvgIpc) is 3.55.